The predicted octanol–water partition coefficient (Wildman–Crippen LogP) is 3.39. The van der Waals surface area contributed by atoms with Crippen molar-refractivity contribution in [3.63, 3.8) is 0 Å². The van der Waals surface area contributed by atoms with Gasteiger partial charge in [-0.2, -0.15) is 0 Å². The maximum absolute atomic E-state index is 8.58. The molecule has 1 aliphatic rings. The van der Waals surface area contributed by atoms with Gasteiger partial charge in [0.05, 0.1) is 22.6 Å². The van der Waals surface area contributed by atoms with E-state index in [0.29, 0.717) is 0 Å². The lowest BCUT2D eigenvalue weighted by molar-refractivity contribution is -0.106. The fourth-order valence-corrected chi connectivity index (χ4v) is 3.28. The van der Waals surface area contributed by atoms with E-state index in [1.165, 1.54) is 24.2 Å². The van der Waals surface area contributed by atoms with Gasteiger partial charge in [-0.1, -0.05) is 24.7 Å². The molecule has 0 saturated heterocycles. The van der Waals surface area contributed by atoms with Gasteiger partial charge >= 0.3 is 0 Å². The Morgan fingerprint density at radius 3 is 2.73 bits per heavy atom. The number of nitrogens with two attached hydrogens (primary N) is 1. The second kappa shape index (κ2) is 15.2. The molecule has 0 radical (unpaired) electrons. The second-order valence-electron chi connectivity index (χ2n) is 6.27. The molecule has 0 aromatic carbocycles. The van der Waals surface area contributed by atoms with Crippen molar-refractivity contribution in [1.82, 2.24) is 19.9 Å². The fraction of sp³-hybridized carbons (Fsp3) is 0.476. The SMILES string of the molecule is CCCCOCC.CN1CCc2ncccc21.Cc1nc2cncnc2s1.NC=O. The Bertz CT molecular complexity index is 821. The molecular formula is C21H32N6O2S. The molecule has 1 amide bonds. The summed E-state index contributed by atoms with van der Waals surface area (Å²) < 4.78 is 5.07. The van der Waals surface area contributed by atoms with Gasteiger partial charge in [-0.25, -0.2) is 15.0 Å². The lowest BCUT2D eigenvalue weighted by atomic mass is 10.3. The van der Waals surface area contributed by atoms with Crippen molar-refractivity contribution >= 4 is 33.8 Å². The number of anilines is 1. The molecular weight excluding hydrogens is 400 g/mol. The minimum atomic E-state index is 0.250. The smallest absolute Gasteiger partial charge is 0.204 e. The molecule has 0 fully saturated rings. The first-order valence-corrected chi connectivity index (χ1v) is 10.8. The Morgan fingerprint density at radius 2 is 2.10 bits per heavy atom. The van der Waals surface area contributed by atoms with Crippen LogP contribution in [0.3, 0.4) is 0 Å². The number of ether oxygens (including phenoxy) is 1. The highest BCUT2D eigenvalue weighted by molar-refractivity contribution is 7.18. The molecule has 164 valence electrons. The zero-order valence-corrected chi connectivity index (χ0v) is 19.1. The van der Waals surface area contributed by atoms with Crippen LogP contribution in [0.1, 0.15) is 37.4 Å². The summed E-state index contributed by atoms with van der Waals surface area (Å²) in [4.78, 5) is 28.2. The van der Waals surface area contributed by atoms with E-state index in [2.05, 4.69) is 50.6 Å². The number of fused-ring (bicyclic) bond motifs is 2. The number of carbonyl (C=O) groups excluding carboxylic acids is 1. The molecule has 0 bridgehead atoms. The highest BCUT2D eigenvalue weighted by Gasteiger charge is 2.14. The molecule has 0 unspecified atom stereocenters. The van der Waals surface area contributed by atoms with Gasteiger partial charge in [-0.05, 0) is 32.4 Å². The predicted molar refractivity (Wildman–Crippen MR) is 123 cm³/mol. The molecule has 2 N–H and O–H groups in total. The molecule has 0 saturated carbocycles. The van der Waals surface area contributed by atoms with E-state index >= 15 is 0 Å². The van der Waals surface area contributed by atoms with Crippen LogP contribution in [0.4, 0.5) is 5.69 Å². The summed E-state index contributed by atoms with van der Waals surface area (Å²) in [7, 11) is 2.10. The van der Waals surface area contributed by atoms with Crippen LogP contribution >= 0.6 is 11.3 Å². The Kier molecular flexibility index (Phi) is 12.9. The van der Waals surface area contributed by atoms with Crippen LogP contribution in [-0.4, -0.2) is 53.2 Å². The number of unbranched alkanes of at least 4 members (excludes halogenated alkanes) is 1. The zero-order chi connectivity index (χ0) is 22.2. The van der Waals surface area contributed by atoms with Gasteiger partial charge in [0.15, 0.2) is 0 Å². The summed E-state index contributed by atoms with van der Waals surface area (Å²) in [5.41, 5.74) is 7.59. The van der Waals surface area contributed by atoms with Crippen molar-refractivity contribution in [1.29, 1.82) is 0 Å². The molecule has 3 aromatic heterocycles. The third-order valence-electron chi connectivity index (χ3n) is 3.99. The number of carbonyl (C=O) groups is 1. The number of primary amides is 1. The number of aryl methyl sites for hydroxylation is 1. The number of thiazole rings is 1. The molecule has 0 atom stereocenters. The van der Waals surface area contributed by atoms with Gasteiger partial charge in [0.2, 0.25) is 6.41 Å². The van der Waals surface area contributed by atoms with E-state index in [4.69, 9.17) is 9.53 Å². The van der Waals surface area contributed by atoms with Gasteiger partial charge in [0.1, 0.15) is 16.7 Å². The topological polar surface area (TPSA) is 107 Å². The van der Waals surface area contributed by atoms with Crippen molar-refractivity contribution in [2.24, 2.45) is 5.73 Å². The summed E-state index contributed by atoms with van der Waals surface area (Å²) >= 11 is 1.59. The molecule has 0 spiro atoms. The average Bonchev–Trinajstić information content (AvgIpc) is 3.32. The van der Waals surface area contributed by atoms with Gasteiger partial charge in [0.25, 0.3) is 0 Å². The largest absolute Gasteiger partial charge is 0.382 e. The normalized spacial score (nSPS) is 11.3. The van der Waals surface area contributed by atoms with Crippen LogP contribution in [-0.2, 0) is 16.0 Å². The van der Waals surface area contributed by atoms with E-state index < -0.39 is 0 Å². The molecule has 9 heteroatoms. The van der Waals surface area contributed by atoms with E-state index in [9.17, 15) is 0 Å². The lowest BCUT2D eigenvalue weighted by Gasteiger charge is -2.09. The van der Waals surface area contributed by atoms with Gasteiger partial charge < -0.3 is 15.4 Å². The van der Waals surface area contributed by atoms with Crippen molar-refractivity contribution in [2.45, 2.75) is 40.0 Å². The van der Waals surface area contributed by atoms with Crippen LogP contribution in [0.2, 0.25) is 0 Å². The number of aromatic nitrogens is 4. The summed E-state index contributed by atoms with van der Waals surface area (Å²) in [6.45, 7) is 9.07. The number of hydrogen-bond donors (Lipinski definition) is 1. The minimum Gasteiger partial charge on any atom is -0.382 e. The molecule has 30 heavy (non-hydrogen) atoms. The Morgan fingerprint density at radius 1 is 1.33 bits per heavy atom. The third kappa shape index (κ3) is 9.23. The molecule has 0 aliphatic carbocycles. The maximum Gasteiger partial charge on any atom is 0.204 e. The maximum atomic E-state index is 8.58. The first-order chi connectivity index (χ1) is 14.6. The van der Waals surface area contributed by atoms with E-state index in [1.807, 2.05) is 26.1 Å². The number of likely N-dealkylation sites (N-methyl/N-ethyl adjacent to an activating group) is 1. The molecule has 3 aromatic rings. The van der Waals surface area contributed by atoms with Gasteiger partial charge in [-0.15, -0.1) is 0 Å². The van der Waals surface area contributed by atoms with Gasteiger partial charge in [0, 0.05) is 39.4 Å². The van der Waals surface area contributed by atoms with Crippen LogP contribution in [0, 0.1) is 6.92 Å². The second-order valence-corrected chi connectivity index (χ2v) is 7.45. The van der Waals surface area contributed by atoms with Crippen LogP contribution in [0.15, 0.2) is 30.9 Å². The van der Waals surface area contributed by atoms with Crippen LogP contribution < -0.4 is 10.6 Å². The quantitative estimate of drug-likeness (QED) is 0.497. The summed E-state index contributed by atoms with van der Waals surface area (Å²) in [5.74, 6) is 0. The van der Waals surface area contributed by atoms with Crippen LogP contribution in [0.5, 0.6) is 0 Å². The standard InChI is InChI=1S/C8H10N2.C6H5N3S.C6H14O.CH3NO/c1-10-6-4-7-8(10)3-2-5-9-7;1-4-9-5-2-7-3-8-6(5)10-4;1-3-5-6-7-4-2;2-1-3/h2-3,5H,4,6H2,1H3;2-3H,1H3;3-6H2,1-2H3;1H,(H2,2,3). The van der Waals surface area contributed by atoms with Crippen molar-refractivity contribution in [3.8, 4) is 0 Å². The number of rotatable bonds is 4. The highest BCUT2D eigenvalue weighted by Crippen LogP contribution is 2.22. The number of amides is 1. The Hall–Kier alpha value is -2.65. The van der Waals surface area contributed by atoms with Crippen LogP contribution in [0.25, 0.3) is 10.3 Å². The number of pyridine rings is 1. The lowest BCUT2D eigenvalue weighted by Crippen LogP contribution is -2.12. The molecule has 4 heterocycles. The summed E-state index contributed by atoms with van der Waals surface area (Å²) in [5, 5.41) is 1.04. The van der Waals surface area contributed by atoms with Crippen molar-refractivity contribution in [2.75, 3.05) is 31.7 Å². The zero-order valence-electron chi connectivity index (χ0n) is 18.2. The fourth-order valence-electron chi connectivity index (χ4n) is 2.55. The van der Waals surface area contributed by atoms with E-state index in [0.717, 1.165) is 41.5 Å². The molecule has 4 rings (SSSR count). The third-order valence-corrected chi connectivity index (χ3v) is 4.88. The molecule has 8 nitrogen and oxygen atoms in total. The van der Waals surface area contributed by atoms with Crippen molar-refractivity contribution < 1.29 is 9.53 Å². The highest BCUT2D eigenvalue weighted by atomic mass is 32.1. The minimum absolute atomic E-state index is 0.250. The monoisotopic (exact) mass is 432 g/mol. The van der Waals surface area contributed by atoms with Crippen molar-refractivity contribution in [3.05, 3.63) is 41.6 Å². The Balaban J connectivity index is 0.000000215. The van der Waals surface area contributed by atoms with Gasteiger partial charge in [-0.3, -0.25) is 9.78 Å². The summed E-state index contributed by atoms with van der Waals surface area (Å²) in [6.07, 6.45) is 8.92. The van der Waals surface area contributed by atoms with E-state index in [1.54, 1.807) is 23.9 Å². The summed E-state index contributed by atoms with van der Waals surface area (Å²) in [6, 6.07) is 4.11. The number of hydrogen-bond acceptors (Lipinski definition) is 8. The first-order valence-electron chi connectivity index (χ1n) is 9.98. The first kappa shape index (κ1) is 25.4. The Labute approximate surface area is 182 Å². The molecule has 1 aliphatic heterocycles. The number of nitrogens with zero attached hydrogens (tertiary/aromatic N) is 5. The average molecular weight is 433 g/mol. The van der Waals surface area contributed by atoms with E-state index in [-0.39, 0.29) is 6.41 Å².